The number of ether oxygens (including phenoxy) is 2. The zero-order chi connectivity index (χ0) is 25.3. The van der Waals surface area contributed by atoms with Crippen molar-refractivity contribution in [1.29, 1.82) is 0 Å². The van der Waals surface area contributed by atoms with E-state index in [1.54, 1.807) is 36.6 Å². The van der Waals surface area contributed by atoms with Crippen LogP contribution in [0.4, 0.5) is 22.1 Å². The molecule has 1 saturated heterocycles. The number of carbonyl (C=O) groups excluding carboxylic acids is 2. The summed E-state index contributed by atoms with van der Waals surface area (Å²) in [5.74, 6) is 0.781. The molecule has 0 radical (unpaired) electrons. The van der Waals surface area contributed by atoms with Crippen molar-refractivity contribution in [1.82, 2.24) is 19.9 Å². The molecule has 0 aromatic carbocycles. The van der Waals surface area contributed by atoms with Crippen LogP contribution in [0.1, 0.15) is 32.4 Å². The van der Waals surface area contributed by atoms with Crippen LogP contribution in [0.25, 0.3) is 0 Å². The Balaban J connectivity index is 1.55. The fourth-order valence-electron chi connectivity index (χ4n) is 4.04. The summed E-state index contributed by atoms with van der Waals surface area (Å²) in [5.41, 5.74) is 1.01. The van der Waals surface area contributed by atoms with Crippen molar-refractivity contribution < 1.29 is 27.5 Å². The first-order valence-corrected chi connectivity index (χ1v) is 13.1. The van der Waals surface area contributed by atoms with Gasteiger partial charge in [0.15, 0.2) is 33.1 Å². The van der Waals surface area contributed by atoms with Gasteiger partial charge < -0.3 is 19.7 Å². The van der Waals surface area contributed by atoms with Crippen molar-refractivity contribution in [3.63, 3.8) is 0 Å². The number of hydrogen-bond acceptors (Lipinski definition) is 10. The molecule has 0 unspecified atom stereocenters. The third-order valence-corrected chi connectivity index (χ3v) is 6.73. The number of anilines is 3. The molecule has 0 spiro atoms. The number of rotatable bonds is 5. The number of pyridine rings is 1. The lowest BCUT2D eigenvalue weighted by atomic mass is 10.0. The molecule has 4 rings (SSSR count). The first-order valence-electron chi connectivity index (χ1n) is 11.2. The molecule has 2 aromatic rings. The molecule has 2 amide bonds. The van der Waals surface area contributed by atoms with E-state index in [-0.39, 0.29) is 35.8 Å². The minimum atomic E-state index is -3.44. The number of piperidine rings is 1. The van der Waals surface area contributed by atoms with E-state index in [1.165, 1.54) is 12.4 Å². The SMILES string of the molecule is Cc1nc(S(C)(=O)=O)ccc1Nc1ncnc2c1OCC(=O)N2C1CCN(C(=O)OC(C)C)CC1. The summed E-state index contributed by atoms with van der Waals surface area (Å²) in [7, 11) is -3.44. The van der Waals surface area contributed by atoms with Gasteiger partial charge in [0.2, 0.25) is 5.75 Å². The fraction of sp³-hybridized carbons (Fsp3) is 0.500. The minimum absolute atomic E-state index is 0.0260. The number of nitrogens with one attached hydrogen (secondary N) is 1. The van der Waals surface area contributed by atoms with Gasteiger partial charge in [0.1, 0.15) is 6.33 Å². The van der Waals surface area contributed by atoms with Crippen LogP contribution < -0.4 is 15.0 Å². The van der Waals surface area contributed by atoms with Gasteiger partial charge in [-0.05, 0) is 45.7 Å². The molecule has 13 heteroatoms. The van der Waals surface area contributed by atoms with Crippen molar-refractivity contribution in [3.05, 3.63) is 24.2 Å². The summed E-state index contributed by atoms with van der Waals surface area (Å²) in [5, 5.41) is 3.09. The molecule has 1 N–H and O–H groups in total. The van der Waals surface area contributed by atoms with Crippen LogP contribution in [-0.4, -0.2) is 78.4 Å². The number of aryl methyl sites for hydroxylation is 1. The Hall–Kier alpha value is -3.48. The summed E-state index contributed by atoms with van der Waals surface area (Å²) >= 11 is 0. The Labute approximate surface area is 203 Å². The van der Waals surface area contributed by atoms with E-state index in [2.05, 4.69) is 20.3 Å². The Morgan fingerprint density at radius 2 is 1.94 bits per heavy atom. The van der Waals surface area contributed by atoms with Crippen LogP contribution >= 0.6 is 0 Å². The predicted octanol–water partition coefficient (Wildman–Crippen LogP) is 2.06. The maximum Gasteiger partial charge on any atom is 0.410 e. The van der Waals surface area contributed by atoms with Gasteiger partial charge >= 0.3 is 6.09 Å². The maximum atomic E-state index is 12.8. The van der Waals surface area contributed by atoms with Crippen LogP contribution in [-0.2, 0) is 19.4 Å². The number of likely N-dealkylation sites (tertiary alicyclic amines) is 1. The van der Waals surface area contributed by atoms with Crippen LogP contribution in [0.5, 0.6) is 5.75 Å². The third kappa shape index (κ3) is 5.29. The summed E-state index contributed by atoms with van der Waals surface area (Å²) < 4.78 is 34.5. The third-order valence-electron chi connectivity index (χ3n) is 5.74. The summed E-state index contributed by atoms with van der Waals surface area (Å²) in [6.07, 6.45) is 3.02. The molecule has 12 nitrogen and oxygen atoms in total. The fourth-order valence-corrected chi connectivity index (χ4v) is 4.66. The van der Waals surface area contributed by atoms with E-state index >= 15 is 0 Å². The normalized spacial score (nSPS) is 16.7. The topological polar surface area (TPSA) is 144 Å². The number of hydrogen-bond donors (Lipinski definition) is 1. The van der Waals surface area contributed by atoms with Gasteiger partial charge in [-0.3, -0.25) is 9.69 Å². The second kappa shape index (κ2) is 9.64. The van der Waals surface area contributed by atoms with E-state index in [9.17, 15) is 18.0 Å². The van der Waals surface area contributed by atoms with E-state index < -0.39 is 9.84 Å². The molecule has 188 valence electrons. The van der Waals surface area contributed by atoms with Gasteiger partial charge in [-0.25, -0.2) is 28.2 Å². The number of amides is 2. The smallest absolute Gasteiger partial charge is 0.410 e. The van der Waals surface area contributed by atoms with Gasteiger partial charge in [0.05, 0.1) is 17.5 Å². The molecule has 2 aliphatic rings. The number of fused-ring (bicyclic) bond motifs is 1. The van der Waals surface area contributed by atoms with Gasteiger partial charge in [-0.2, -0.15) is 0 Å². The van der Waals surface area contributed by atoms with Crippen LogP contribution in [0.3, 0.4) is 0 Å². The van der Waals surface area contributed by atoms with Crippen LogP contribution in [0.2, 0.25) is 0 Å². The van der Waals surface area contributed by atoms with Crippen molar-refractivity contribution in [2.75, 3.05) is 36.2 Å². The zero-order valence-corrected chi connectivity index (χ0v) is 20.8. The molecule has 0 aliphatic carbocycles. The van der Waals surface area contributed by atoms with Crippen molar-refractivity contribution in [3.8, 4) is 5.75 Å². The van der Waals surface area contributed by atoms with Gasteiger partial charge in [0.25, 0.3) is 5.91 Å². The first-order chi connectivity index (χ1) is 16.5. The average molecular weight is 505 g/mol. The number of aromatic nitrogens is 3. The molecular formula is C22H28N6O6S. The summed E-state index contributed by atoms with van der Waals surface area (Å²) in [6.45, 7) is 6.04. The van der Waals surface area contributed by atoms with Gasteiger partial charge in [-0.1, -0.05) is 0 Å². The van der Waals surface area contributed by atoms with Crippen LogP contribution in [0, 0.1) is 6.92 Å². The molecule has 4 heterocycles. The molecule has 1 fully saturated rings. The molecule has 0 atom stereocenters. The average Bonchev–Trinajstić information content (AvgIpc) is 2.79. The summed E-state index contributed by atoms with van der Waals surface area (Å²) in [4.78, 5) is 41.0. The van der Waals surface area contributed by atoms with E-state index in [4.69, 9.17) is 9.47 Å². The number of carbonyl (C=O) groups is 2. The monoisotopic (exact) mass is 504 g/mol. The Bertz CT molecular complexity index is 1240. The highest BCUT2D eigenvalue weighted by molar-refractivity contribution is 7.90. The Morgan fingerprint density at radius 1 is 1.23 bits per heavy atom. The van der Waals surface area contributed by atoms with Crippen molar-refractivity contribution in [2.45, 2.75) is 50.8 Å². The highest BCUT2D eigenvalue weighted by atomic mass is 32.2. The molecule has 35 heavy (non-hydrogen) atoms. The van der Waals surface area contributed by atoms with Crippen molar-refractivity contribution in [2.24, 2.45) is 0 Å². The highest BCUT2D eigenvalue weighted by Gasteiger charge is 2.37. The minimum Gasteiger partial charge on any atom is -0.476 e. The first kappa shape index (κ1) is 24.6. The number of nitrogens with zero attached hydrogens (tertiary/aromatic N) is 5. The maximum absolute atomic E-state index is 12.8. The van der Waals surface area contributed by atoms with Crippen molar-refractivity contribution >= 4 is 39.2 Å². The Morgan fingerprint density at radius 3 is 2.57 bits per heavy atom. The second-order valence-electron chi connectivity index (χ2n) is 8.76. The molecule has 2 aliphatic heterocycles. The quantitative estimate of drug-likeness (QED) is 0.642. The lowest BCUT2D eigenvalue weighted by Gasteiger charge is -2.39. The van der Waals surface area contributed by atoms with Gasteiger partial charge in [-0.15, -0.1) is 0 Å². The Kier molecular flexibility index (Phi) is 6.79. The van der Waals surface area contributed by atoms with Crippen LogP contribution in [0.15, 0.2) is 23.5 Å². The van der Waals surface area contributed by atoms with Gasteiger partial charge in [0, 0.05) is 25.4 Å². The second-order valence-corrected chi connectivity index (χ2v) is 10.7. The summed E-state index contributed by atoms with van der Waals surface area (Å²) in [6, 6.07) is 2.85. The predicted molar refractivity (Wildman–Crippen MR) is 127 cm³/mol. The lowest BCUT2D eigenvalue weighted by Crippen LogP contribution is -2.52. The molecular weight excluding hydrogens is 476 g/mol. The zero-order valence-electron chi connectivity index (χ0n) is 20.0. The van der Waals surface area contributed by atoms with E-state index in [0.717, 1.165) is 6.26 Å². The standard InChI is InChI=1S/C22H28N6O6S/c1-13(2)34-22(30)27-9-7-15(8-10-27)28-18(29)11-33-19-20(23-12-24-21(19)28)26-16-5-6-17(25-14(16)3)35(4,31)32/h5-6,12-13,15H,7-11H2,1-4H3,(H,23,24,26). The number of sulfone groups is 1. The highest BCUT2D eigenvalue weighted by Crippen LogP contribution is 2.39. The largest absolute Gasteiger partial charge is 0.476 e. The van der Waals surface area contributed by atoms with E-state index in [0.29, 0.717) is 54.7 Å². The van der Waals surface area contributed by atoms with E-state index in [1.807, 2.05) is 0 Å². The lowest BCUT2D eigenvalue weighted by molar-refractivity contribution is -0.122. The molecule has 2 aromatic heterocycles. The molecule has 0 bridgehead atoms. The molecule has 0 saturated carbocycles.